The number of hydrogen-bond donors (Lipinski definition) is 0. The SMILES string of the molecule is O=C(CN1C(=O)Cc2ccccc2C1=O)OCC(=O)C12CC3CC(CC(C3)C1)C2. The number of Topliss-reactive ketones (excluding diaryl/α,β-unsaturated/α-hetero) is 1. The molecule has 1 heterocycles. The highest BCUT2D eigenvalue weighted by Gasteiger charge is 2.54. The minimum Gasteiger partial charge on any atom is -0.456 e. The molecule has 0 radical (unpaired) electrons. The van der Waals surface area contributed by atoms with E-state index in [2.05, 4.69) is 0 Å². The zero-order valence-electron chi connectivity index (χ0n) is 16.4. The van der Waals surface area contributed by atoms with Crippen molar-refractivity contribution in [2.45, 2.75) is 44.9 Å². The third-order valence-electron chi connectivity index (χ3n) is 7.42. The molecule has 29 heavy (non-hydrogen) atoms. The van der Waals surface area contributed by atoms with Crippen molar-refractivity contribution >= 4 is 23.6 Å². The molecule has 0 atom stereocenters. The molecule has 0 N–H and O–H groups in total. The first kappa shape index (κ1) is 18.5. The van der Waals surface area contributed by atoms with Crippen LogP contribution in [0.3, 0.4) is 0 Å². The third-order valence-corrected chi connectivity index (χ3v) is 7.42. The summed E-state index contributed by atoms with van der Waals surface area (Å²) in [6, 6.07) is 6.90. The first-order valence-corrected chi connectivity index (χ1v) is 10.5. The monoisotopic (exact) mass is 395 g/mol. The standard InChI is InChI=1S/C23H25NO5/c25-19(23-9-14-5-15(10-23)7-16(6-14)11-23)13-29-21(27)12-24-20(26)8-17-3-1-2-4-18(17)22(24)28/h1-4,14-16H,5-13H2. The largest absolute Gasteiger partial charge is 0.456 e. The van der Waals surface area contributed by atoms with E-state index in [4.69, 9.17) is 4.74 Å². The molecule has 0 spiro atoms. The summed E-state index contributed by atoms with van der Waals surface area (Å²) in [7, 11) is 0. The number of ketones is 1. The Bertz CT molecular complexity index is 869. The normalized spacial score (nSPS) is 32.3. The maximum Gasteiger partial charge on any atom is 0.326 e. The number of fused-ring (bicyclic) bond motifs is 1. The summed E-state index contributed by atoms with van der Waals surface area (Å²) < 4.78 is 5.25. The maximum absolute atomic E-state index is 13.0. The molecule has 0 unspecified atom stereocenters. The molecule has 0 saturated heterocycles. The van der Waals surface area contributed by atoms with Crippen LogP contribution in [0.1, 0.15) is 54.4 Å². The molecule has 4 fully saturated rings. The lowest BCUT2D eigenvalue weighted by Gasteiger charge is -2.55. The van der Waals surface area contributed by atoms with Crippen molar-refractivity contribution in [3.05, 3.63) is 35.4 Å². The van der Waals surface area contributed by atoms with E-state index in [0.29, 0.717) is 28.9 Å². The van der Waals surface area contributed by atoms with Gasteiger partial charge in [0.1, 0.15) is 6.54 Å². The predicted molar refractivity (Wildman–Crippen MR) is 103 cm³/mol. The van der Waals surface area contributed by atoms with Crippen molar-refractivity contribution in [1.29, 1.82) is 0 Å². The van der Waals surface area contributed by atoms with Gasteiger partial charge < -0.3 is 4.74 Å². The zero-order chi connectivity index (χ0) is 20.2. The van der Waals surface area contributed by atoms with Crippen LogP contribution in [0.5, 0.6) is 0 Å². The average molecular weight is 395 g/mol. The Morgan fingerprint density at radius 2 is 1.62 bits per heavy atom. The van der Waals surface area contributed by atoms with Crippen LogP contribution < -0.4 is 0 Å². The quantitative estimate of drug-likeness (QED) is 0.565. The van der Waals surface area contributed by atoms with Crippen molar-refractivity contribution in [3.8, 4) is 0 Å². The van der Waals surface area contributed by atoms with E-state index >= 15 is 0 Å². The van der Waals surface area contributed by atoms with Crippen molar-refractivity contribution in [2.75, 3.05) is 13.2 Å². The second-order valence-corrected chi connectivity index (χ2v) is 9.40. The number of rotatable bonds is 5. The lowest BCUT2D eigenvalue weighted by Crippen LogP contribution is -2.51. The highest BCUT2D eigenvalue weighted by Crippen LogP contribution is 2.60. The number of amides is 2. The van der Waals surface area contributed by atoms with Gasteiger partial charge in [0, 0.05) is 11.0 Å². The molecule has 0 aromatic heterocycles. The molecule has 152 valence electrons. The zero-order valence-corrected chi connectivity index (χ0v) is 16.4. The summed E-state index contributed by atoms with van der Waals surface area (Å²) in [4.78, 5) is 51.1. The second-order valence-electron chi connectivity index (χ2n) is 9.40. The van der Waals surface area contributed by atoms with E-state index in [0.717, 1.165) is 24.2 Å². The number of esters is 1. The second kappa shape index (κ2) is 6.78. The molecule has 1 aliphatic heterocycles. The van der Waals surface area contributed by atoms with E-state index in [9.17, 15) is 19.2 Å². The number of imide groups is 1. The van der Waals surface area contributed by atoms with E-state index in [-0.39, 0.29) is 24.2 Å². The summed E-state index contributed by atoms with van der Waals surface area (Å²) >= 11 is 0. The Morgan fingerprint density at radius 1 is 1.00 bits per heavy atom. The number of carbonyl (C=O) groups excluding carboxylic acids is 4. The van der Waals surface area contributed by atoms with Gasteiger partial charge >= 0.3 is 5.97 Å². The molecular weight excluding hydrogens is 370 g/mol. The molecule has 6 rings (SSSR count). The Labute approximate surface area is 169 Å². The maximum atomic E-state index is 13.0. The summed E-state index contributed by atoms with van der Waals surface area (Å²) in [5.74, 6) is 0.341. The van der Waals surface area contributed by atoms with E-state index in [1.54, 1.807) is 24.3 Å². The Morgan fingerprint density at radius 3 is 2.28 bits per heavy atom. The lowest BCUT2D eigenvalue weighted by atomic mass is 9.48. The average Bonchev–Trinajstić information content (AvgIpc) is 2.68. The fourth-order valence-corrected chi connectivity index (χ4v) is 6.49. The number of carbonyl (C=O) groups is 4. The molecule has 2 amide bonds. The van der Waals surface area contributed by atoms with Crippen LogP contribution in [0.2, 0.25) is 0 Å². The highest BCUT2D eigenvalue weighted by atomic mass is 16.5. The summed E-state index contributed by atoms with van der Waals surface area (Å²) in [5, 5.41) is 0. The fourth-order valence-electron chi connectivity index (χ4n) is 6.49. The van der Waals surface area contributed by atoms with Gasteiger partial charge in [-0.25, -0.2) is 0 Å². The van der Waals surface area contributed by atoms with Crippen LogP contribution in [0.15, 0.2) is 24.3 Å². The van der Waals surface area contributed by atoms with Gasteiger partial charge in [-0.2, -0.15) is 0 Å². The Hall–Kier alpha value is -2.50. The smallest absolute Gasteiger partial charge is 0.326 e. The van der Waals surface area contributed by atoms with E-state index < -0.39 is 24.3 Å². The van der Waals surface area contributed by atoms with Crippen LogP contribution in [0.25, 0.3) is 0 Å². The minimum absolute atomic E-state index is 0.0200. The van der Waals surface area contributed by atoms with E-state index in [1.165, 1.54) is 19.3 Å². The lowest BCUT2D eigenvalue weighted by molar-refractivity contribution is -0.158. The van der Waals surface area contributed by atoms with Gasteiger partial charge in [0.15, 0.2) is 12.4 Å². The highest BCUT2D eigenvalue weighted by molar-refractivity contribution is 6.11. The molecule has 4 bridgehead atoms. The molecular formula is C23H25NO5. The van der Waals surface area contributed by atoms with Crippen LogP contribution >= 0.6 is 0 Å². The van der Waals surface area contributed by atoms with Crippen LogP contribution in [0.4, 0.5) is 0 Å². The van der Waals surface area contributed by atoms with Gasteiger partial charge in [-0.05, 0) is 67.9 Å². The van der Waals surface area contributed by atoms with Crippen LogP contribution in [-0.2, 0) is 25.5 Å². The predicted octanol–water partition coefficient (Wildman–Crippen LogP) is 2.54. The minimum atomic E-state index is -0.704. The third kappa shape index (κ3) is 3.18. The number of hydrogen-bond acceptors (Lipinski definition) is 5. The van der Waals surface area contributed by atoms with Gasteiger partial charge in [0.05, 0.1) is 6.42 Å². The van der Waals surface area contributed by atoms with Crippen molar-refractivity contribution in [2.24, 2.45) is 23.2 Å². The first-order chi connectivity index (χ1) is 13.9. The molecule has 6 nitrogen and oxygen atoms in total. The summed E-state index contributed by atoms with van der Waals surface area (Å²) in [6.07, 6.45) is 6.59. The molecule has 5 aliphatic rings. The van der Waals surface area contributed by atoms with Gasteiger partial charge in [-0.15, -0.1) is 0 Å². The number of benzene rings is 1. The van der Waals surface area contributed by atoms with E-state index in [1.807, 2.05) is 0 Å². The number of nitrogens with zero attached hydrogens (tertiary/aromatic N) is 1. The van der Waals surface area contributed by atoms with Crippen molar-refractivity contribution in [1.82, 2.24) is 4.90 Å². The van der Waals surface area contributed by atoms with Crippen molar-refractivity contribution < 1.29 is 23.9 Å². The number of ether oxygens (including phenoxy) is 1. The van der Waals surface area contributed by atoms with Crippen LogP contribution in [-0.4, -0.2) is 41.6 Å². The summed E-state index contributed by atoms with van der Waals surface area (Å²) in [6.45, 7) is -0.696. The van der Waals surface area contributed by atoms with Gasteiger partial charge in [-0.1, -0.05) is 18.2 Å². The molecule has 1 aromatic rings. The first-order valence-electron chi connectivity index (χ1n) is 10.5. The molecule has 4 aliphatic carbocycles. The van der Waals surface area contributed by atoms with Crippen LogP contribution in [0, 0.1) is 23.2 Å². The fraction of sp³-hybridized carbons (Fsp3) is 0.565. The van der Waals surface area contributed by atoms with Gasteiger partial charge in [-0.3, -0.25) is 24.1 Å². The summed E-state index contributed by atoms with van der Waals surface area (Å²) in [5.41, 5.74) is 0.790. The molecule has 1 aromatic carbocycles. The topological polar surface area (TPSA) is 80.8 Å². The Balaban J connectivity index is 1.20. The van der Waals surface area contributed by atoms with Gasteiger partial charge in [0.2, 0.25) is 5.91 Å². The Kier molecular flexibility index (Phi) is 4.33. The van der Waals surface area contributed by atoms with Crippen molar-refractivity contribution in [3.63, 3.8) is 0 Å². The molecule has 6 heteroatoms. The van der Waals surface area contributed by atoms with Gasteiger partial charge in [0.25, 0.3) is 5.91 Å². The molecule has 4 saturated carbocycles.